The molecule has 0 spiro atoms. The van der Waals surface area contributed by atoms with E-state index in [1.165, 1.54) is 44.9 Å². The molecular formula is C11H21NO. The highest BCUT2D eigenvalue weighted by atomic mass is 16.3. The molecule has 13 heavy (non-hydrogen) atoms. The fraction of sp³-hybridized carbons (Fsp3) is 1.00. The molecule has 2 heteroatoms. The van der Waals surface area contributed by atoms with E-state index < -0.39 is 0 Å². The molecular weight excluding hydrogens is 162 g/mol. The zero-order valence-electron chi connectivity index (χ0n) is 8.34. The van der Waals surface area contributed by atoms with Crippen LogP contribution in [0.2, 0.25) is 0 Å². The predicted octanol–water partition coefficient (Wildman–Crippen LogP) is 1.68. The summed E-state index contributed by atoms with van der Waals surface area (Å²) in [5.74, 6) is 0.769. The van der Waals surface area contributed by atoms with Crippen molar-refractivity contribution in [3.05, 3.63) is 0 Å². The number of hydrogen-bond acceptors (Lipinski definition) is 2. The zero-order chi connectivity index (χ0) is 9.10. The first-order valence-electron chi connectivity index (χ1n) is 5.77. The molecule has 0 aromatic carbocycles. The van der Waals surface area contributed by atoms with Gasteiger partial charge in [0.1, 0.15) is 0 Å². The third-order valence-corrected chi connectivity index (χ3v) is 3.72. The van der Waals surface area contributed by atoms with Crippen molar-refractivity contribution in [3.63, 3.8) is 0 Å². The topological polar surface area (TPSA) is 32.3 Å². The molecule has 0 heterocycles. The van der Waals surface area contributed by atoms with Crippen LogP contribution in [0.25, 0.3) is 0 Å². The standard InChI is InChI=1S/C11H21NO/c13-8-11(9-4-3-5-9)12-10-6-1-2-7-10/h9-13H,1-8H2. The SMILES string of the molecule is OCC(NC1CCCC1)C1CCC1. The average Bonchev–Trinajstić information content (AvgIpc) is 2.52. The van der Waals surface area contributed by atoms with E-state index >= 15 is 0 Å². The maximum absolute atomic E-state index is 9.26. The van der Waals surface area contributed by atoms with Gasteiger partial charge in [-0.1, -0.05) is 19.3 Å². The monoisotopic (exact) mass is 183 g/mol. The van der Waals surface area contributed by atoms with Gasteiger partial charge >= 0.3 is 0 Å². The Morgan fingerprint density at radius 2 is 1.77 bits per heavy atom. The highest BCUT2D eigenvalue weighted by molar-refractivity contribution is 4.86. The Balaban J connectivity index is 1.75. The van der Waals surface area contributed by atoms with Crippen molar-refractivity contribution in [2.45, 2.75) is 57.0 Å². The highest BCUT2D eigenvalue weighted by Gasteiger charge is 2.28. The van der Waals surface area contributed by atoms with Crippen molar-refractivity contribution in [3.8, 4) is 0 Å². The molecule has 0 saturated heterocycles. The van der Waals surface area contributed by atoms with Crippen LogP contribution in [0.3, 0.4) is 0 Å². The fourth-order valence-corrected chi connectivity index (χ4v) is 2.58. The summed E-state index contributed by atoms with van der Waals surface area (Å²) in [4.78, 5) is 0. The normalized spacial score (nSPS) is 27.5. The van der Waals surface area contributed by atoms with Crippen molar-refractivity contribution in [2.24, 2.45) is 5.92 Å². The van der Waals surface area contributed by atoms with E-state index in [4.69, 9.17) is 0 Å². The third kappa shape index (κ3) is 2.23. The summed E-state index contributed by atoms with van der Waals surface area (Å²) in [6.45, 7) is 0.334. The smallest absolute Gasteiger partial charge is 0.0587 e. The van der Waals surface area contributed by atoms with Gasteiger partial charge < -0.3 is 10.4 Å². The van der Waals surface area contributed by atoms with Crippen LogP contribution >= 0.6 is 0 Å². The van der Waals surface area contributed by atoms with Gasteiger partial charge in [0.05, 0.1) is 6.61 Å². The molecule has 1 unspecified atom stereocenters. The van der Waals surface area contributed by atoms with E-state index in [1.807, 2.05) is 0 Å². The number of aliphatic hydroxyl groups excluding tert-OH is 1. The number of nitrogens with one attached hydrogen (secondary N) is 1. The molecule has 2 N–H and O–H groups in total. The summed E-state index contributed by atoms with van der Waals surface area (Å²) in [6, 6.07) is 1.11. The molecule has 0 aromatic rings. The largest absolute Gasteiger partial charge is 0.395 e. The first-order chi connectivity index (χ1) is 6.40. The Morgan fingerprint density at radius 1 is 1.08 bits per heavy atom. The van der Waals surface area contributed by atoms with Crippen LogP contribution in [0.4, 0.5) is 0 Å². The Morgan fingerprint density at radius 3 is 2.23 bits per heavy atom. The van der Waals surface area contributed by atoms with Gasteiger partial charge in [-0.3, -0.25) is 0 Å². The summed E-state index contributed by atoms with van der Waals surface area (Å²) in [6.07, 6.45) is 9.41. The molecule has 2 rings (SSSR count). The maximum atomic E-state index is 9.26. The van der Waals surface area contributed by atoms with Crippen LogP contribution in [-0.2, 0) is 0 Å². The minimum atomic E-state index is 0.334. The van der Waals surface area contributed by atoms with Crippen LogP contribution in [0.1, 0.15) is 44.9 Å². The zero-order valence-corrected chi connectivity index (χ0v) is 8.34. The Kier molecular flexibility index (Phi) is 3.23. The summed E-state index contributed by atoms with van der Waals surface area (Å²) < 4.78 is 0. The molecule has 1 atom stereocenters. The second-order valence-corrected chi connectivity index (χ2v) is 4.63. The summed E-state index contributed by atoms with van der Waals surface area (Å²) in [5, 5.41) is 12.9. The lowest BCUT2D eigenvalue weighted by Crippen LogP contribution is -2.46. The lowest BCUT2D eigenvalue weighted by molar-refractivity contribution is 0.139. The van der Waals surface area contributed by atoms with E-state index in [1.54, 1.807) is 0 Å². The maximum Gasteiger partial charge on any atom is 0.0587 e. The van der Waals surface area contributed by atoms with E-state index in [-0.39, 0.29) is 0 Å². The first-order valence-corrected chi connectivity index (χ1v) is 5.77. The van der Waals surface area contributed by atoms with Crippen LogP contribution < -0.4 is 5.32 Å². The van der Waals surface area contributed by atoms with Crippen LogP contribution in [-0.4, -0.2) is 23.8 Å². The molecule has 2 aliphatic carbocycles. The Hall–Kier alpha value is -0.0800. The molecule has 0 amide bonds. The summed E-state index contributed by atoms with van der Waals surface area (Å²) >= 11 is 0. The number of aliphatic hydroxyl groups is 1. The minimum absolute atomic E-state index is 0.334. The second-order valence-electron chi connectivity index (χ2n) is 4.63. The fourth-order valence-electron chi connectivity index (χ4n) is 2.58. The van der Waals surface area contributed by atoms with Gasteiger partial charge in [0.25, 0.3) is 0 Å². The molecule has 0 bridgehead atoms. The molecule has 2 saturated carbocycles. The Labute approximate surface area is 80.7 Å². The first kappa shape index (κ1) is 9.47. The van der Waals surface area contributed by atoms with Crippen LogP contribution in [0.5, 0.6) is 0 Å². The molecule has 2 fully saturated rings. The van der Waals surface area contributed by atoms with E-state index in [9.17, 15) is 5.11 Å². The van der Waals surface area contributed by atoms with E-state index in [2.05, 4.69) is 5.32 Å². The van der Waals surface area contributed by atoms with Gasteiger partial charge in [-0.15, -0.1) is 0 Å². The third-order valence-electron chi connectivity index (χ3n) is 3.72. The average molecular weight is 183 g/mol. The summed E-state index contributed by atoms with van der Waals surface area (Å²) in [5.41, 5.74) is 0. The van der Waals surface area contributed by atoms with Gasteiger partial charge in [0.2, 0.25) is 0 Å². The van der Waals surface area contributed by atoms with Gasteiger partial charge in [0, 0.05) is 12.1 Å². The number of rotatable bonds is 4. The van der Waals surface area contributed by atoms with Crippen molar-refractivity contribution in [2.75, 3.05) is 6.61 Å². The minimum Gasteiger partial charge on any atom is -0.395 e. The van der Waals surface area contributed by atoms with Crippen molar-refractivity contribution < 1.29 is 5.11 Å². The molecule has 0 aliphatic heterocycles. The lowest BCUT2D eigenvalue weighted by Gasteiger charge is -2.35. The van der Waals surface area contributed by atoms with Gasteiger partial charge in [0.15, 0.2) is 0 Å². The quantitative estimate of drug-likeness (QED) is 0.695. The van der Waals surface area contributed by atoms with Crippen LogP contribution in [0.15, 0.2) is 0 Å². The molecule has 0 radical (unpaired) electrons. The second kappa shape index (κ2) is 4.43. The van der Waals surface area contributed by atoms with Gasteiger partial charge in [-0.25, -0.2) is 0 Å². The van der Waals surface area contributed by atoms with Gasteiger partial charge in [-0.05, 0) is 31.6 Å². The van der Waals surface area contributed by atoms with Crippen LogP contribution in [0, 0.1) is 5.92 Å². The van der Waals surface area contributed by atoms with E-state index in [0.717, 1.165) is 5.92 Å². The lowest BCUT2D eigenvalue weighted by atomic mass is 9.79. The summed E-state index contributed by atoms with van der Waals surface area (Å²) in [7, 11) is 0. The predicted molar refractivity (Wildman–Crippen MR) is 53.6 cm³/mol. The number of hydrogen-bond donors (Lipinski definition) is 2. The van der Waals surface area contributed by atoms with Gasteiger partial charge in [-0.2, -0.15) is 0 Å². The molecule has 76 valence electrons. The van der Waals surface area contributed by atoms with E-state index in [0.29, 0.717) is 18.7 Å². The van der Waals surface area contributed by atoms with Crippen molar-refractivity contribution >= 4 is 0 Å². The Bertz CT molecular complexity index is 150. The molecule has 2 aliphatic rings. The van der Waals surface area contributed by atoms with Crippen molar-refractivity contribution in [1.29, 1.82) is 0 Å². The molecule has 0 aromatic heterocycles. The highest BCUT2D eigenvalue weighted by Crippen LogP contribution is 2.30. The van der Waals surface area contributed by atoms with Crippen molar-refractivity contribution in [1.82, 2.24) is 5.32 Å². The molecule has 2 nitrogen and oxygen atoms in total.